The van der Waals surface area contributed by atoms with E-state index in [1.54, 1.807) is 24.3 Å². The number of anilines is 2. The molecule has 2 atom stereocenters. The Kier molecular flexibility index (Phi) is 8.88. The molecule has 0 aliphatic rings. The quantitative estimate of drug-likeness (QED) is 0.175. The van der Waals surface area contributed by atoms with Gasteiger partial charge in [0.2, 0.25) is 0 Å². The second kappa shape index (κ2) is 12.5. The van der Waals surface area contributed by atoms with Gasteiger partial charge in [-0.15, -0.1) is 0 Å². The molecular weight excluding hydrogens is 573 g/mol. The highest BCUT2D eigenvalue weighted by atomic mass is 79.9. The number of rotatable bonds is 7. The molecule has 4 N–H and O–H groups in total. The lowest BCUT2D eigenvalue weighted by Gasteiger charge is -2.30. The lowest BCUT2D eigenvalue weighted by atomic mass is 9.93. The average molecular weight is 597 g/mol. The van der Waals surface area contributed by atoms with Crippen molar-refractivity contribution in [2.75, 3.05) is 10.6 Å². The van der Waals surface area contributed by atoms with Crippen molar-refractivity contribution in [2.45, 2.75) is 18.3 Å². The van der Waals surface area contributed by atoms with E-state index in [0.717, 1.165) is 22.2 Å². The number of amides is 4. The normalized spacial score (nSPS) is 12.6. The molecule has 0 aliphatic heterocycles. The van der Waals surface area contributed by atoms with E-state index in [1.807, 2.05) is 60.7 Å². The predicted molar refractivity (Wildman–Crippen MR) is 148 cm³/mol. The molecule has 4 aromatic carbocycles. The first kappa shape index (κ1) is 27.7. The molecule has 200 valence electrons. The van der Waals surface area contributed by atoms with Gasteiger partial charge in [-0.2, -0.15) is 13.2 Å². The van der Waals surface area contributed by atoms with Crippen LogP contribution >= 0.6 is 15.9 Å². The van der Waals surface area contributed by atoms with Crippen molar-refractivity contribution in [3.05, 3.63) is 130 Å². The molecule has 0 bridgehead atoms. The van der Waals surface area contributed by atoms with Crippen molar-refractivity contribution < 1.29 is 22.8 Å². The van der Waals surface area contributed by atoms with Gasteiger partial charge in [0.25, 0.3) is 0 Å². The van der Waals surface area contributed by atoms with E-state index in [2.05, 4.69) is 37.2 Å². The second-order valence-corrected chi connectivity index (χ2v) is 9.47. The summed E-state index contributed by atoms with van der Waals surface area (Å²) in [5.41, 5.74) is 1.38. The van der Waals surface area contributed by atoms with E-state index >= 15 is 0 Å². The first-order chi connectivity index (χ1) is 18.7. The van der Waals surface area contributed by atoms with E-state index < -0.39 is 35.9 Å². The van der Waals surface area contributed by atoms with Crippen LogP contribution in [0.2, 0.25) is 0 Å². The minimum absolute atomic E-state index is 0.185. The van der Waals surface area contributed by atoms with E-state index in [4.69, 9.17) is 0 Å². The summed E-state index contributed by atoms with van der Waals surface area (Å²) in [5.74, 6) is 0. The van der Waals surface area contributed by atoms with Crippen LogP contribution in [-0.2, 0) is 6.18 Å². The molecule has 0 saturated heterocycles. The Balaban J connectivity index is 1.59. The zero-order chi connectivity index (χ0) is 27.8. The number of urea groups is 2. The molecular formula is C29H24BrF3N4O2. The van der Waals surface area contributed by atoms with Crippen LogP contribution in [-0.4, -0.2) is 12.1 Å². The number of benzene rings is 4. The number of carbonyl (C=O) groups excluding carboxylic acids is 2. The lowest BCUT2D eigenvalue weighted by molar-refractivity contribution is -0.137. The van der Waals surface area contributed by atoms with Crippen molar-refractivity contribution >= 4 is 39.4 Å². The lowest BCUT2D eigenvalue weighted by Crippen LogP contribution is -2.43. The maximum absolute atomic E-state index is 13.1. The van der Waals surface area contributed by atoms with E-state index in [0.29, 0.717) is 11.3 Å². The van der Waals surface area contributed by atoms with Crippen molar-refractivity contribution in [1.82, 2.24) is 10.6 Å². The molecule has 4 amide bonds. The van der Waals surface area contributed by atoms with Gasteiger partial charge in [0, 0.05) is 15.8 Å². The smallest absolute Gasteiger partial charge is 0.329 e. The van der Waals surface area contributed by atoms with E-state index in [-0.39, 0.29) is 5.69 Å². The molecule has 0 aromatic heterocycles. The summed E-state index contributed by atoms with van der Waals surface area (Å²) in [5, 5.41) is 11.2. The van der Waals surface area contributed by atoms with Gasteiger partial charge >= 0.3 is 18.2 Å². The summed E-state index contributed by atoms with van der Waals surface area (Å²) in [6, 6.07) is 26.8. The summed E-state index contributed by atoms with van der Waals surface area (Å²) < 4.78 is 39.6. The highest BCUT2D eigenvalue weighted by Crippen LogP contribution is 2.31. The SMILES string of the molecule is O=C(Nc1ccc(Br)cc1)N[C@@H](c1ccccc1)[C@@H](NC(=O)Nc1ccc(C(F)(F)F)cc1)c1ccccc1. The third kappa shape index (κ3) is 7.84. The fourth-order valence-electron chi connectivity index (χ4n) is 3.93. The summed E-state index contributed by atoms with van der Waals surface area (Å²) in [7, 11) is 0. The van der Waals surface area contributed by atoms with Crippen LogP contribution in [0.1, 0.15) is 28.8 Å². The zero-order valence-electron chi connectivity index (χ0n) is 20.4. The fourth-order valence-corrected chi connectivity index (χ4v) is 4.20. The maximum Gasteiger partial charge on any atom is 0.416 e. The molecule has 0 aliphatic carbocycles. The molecule has 0 unspecified atom stereocenters. The van der Waals surface area contributed by atoms with Gasteiger partial charge in [-0.3, -0.25) is 0 Å². The monoisotopic (exact) mass is 596 g/mol. The molecule has 6 nitrogen and oxygen atoms in total. The van der Waals surface area contributed by atoms with Crippen molar-refractivity contribution in [3.8, 4) is 0 Å². The fraction of sp³-hybridized carbons (Fsp3) is 0.103. The number of hydrogen-bond acceptors (Lipinski definition) is 2. The largest absolute Gasteiger partial charge is 0.416 e. The summed E-state index contributed by atoms with van der Waals surface area (Å²) in [4.78, 5) is 26.1. The Labute approximate surface area is 231 Å². The molecule has 0 radical (unpaired) electrons. The van der Waals surface area contributed by atoms with Crippen LogP contribution in [0.5, 0.6) is 0 Å². The molecule has 0 fully saturated rings. The van der Waals surface area contributed by atoms with Gasteiger partial charge in [0.1, 0.15) is 0 Å². The standard InChI is InChI=1S/C29H24BrF3N4O2/c30-22-13-17-24(18-14-22)35-28(39)37-26(20-9-5-2-6-10-20)25(19-7-3-1-4-8-19)36-27(38)34-23-15-11-21(12-16-23)29(31,32)33/h1-18,25-26H,(H2,34,36,38)(H2,35,37,39)/t25-,26-/m0/s1. The summed E-state index contributed by atoms with van der Waals surface area (Å²) >= 11 is 3.36. The Morgan fingerprint density at radius 1 is 0.590 bits per heavy atom. The van der Waals surface area contributed by atoms with Crippen LogP contribution in [0, 0.1) is 0 Å². The highest BCUT2D eigenvalue weighted by molar-refractivity contribution is 9.10. The highest BCUT2D eigenvalue weighted by Gasteiger charge is 2.31. The molecule has 10 heteroatoms. The van der Waals surface area contributed by atoms with Crippen molar-refractivity contribution in [3.63, 3.8) is 0 Å². The predicted octanol–water partition coefficient (Wildman–Crippen LogP) is 7.89. The average Bonchev–Trinajstić information content (AvgIpc) is 2.93. The molecule has 39 heavy (non-hydrogen) atoms. The minimum Gasteiger partial charge on any atom is -0.329 e. The number of nitrogens with one attached hydrogen (secondary N) is 4. The third-order valence-electron chi connectivity index (χ3n) is 5.80. The van der Waals surface area contributed by atoms with E-state index in [1.165, 1.54) is 12.1 Å². The number of halogens is 4. The number of alkyl halides is 3. The van der Waals surface area contributed by atoms with Crippen LogP contribution < -0.4 is 21.3 Å². The van der Waals surface area contributed by atoms with Gasteiger partial charge in [-0.25, -0.2) is 9.59 Å². The summed E-state index contributed by atoms with van der Waals surface area (Å²) in [6.45, 7) is 0. The topological polar surface area (TPSA) is 82.3 Å². The van der Waals surface area contributed by atoms with Crippen molar-refractivity contribution in [2.24, 2.45) is 0 Å². The maximum atomic E-state index is 13.1. The molecule has 0 saturated carbocycles. The first-order valence-electron chi connectivity index (χ1n) is 11.9. The van der Waals surface area contributed by atoms with E-state index in [9.17, 15) is 22.8 Å². The number of hydrogen-bond donors (Lipinski definition) is 4. The molecule has 4 rings (SSSR count). The van der Waals surface area contributed by atoms with Crippen LogP contribution in [0.15, 0.2) is 114 Å². The van der Waals surface area contributed by atoms with Gasteiger partial charge < -0.3 is 21.3 Å². The Morgan fingerprint density at radius 2 is 0.974 bits per heavy atom. The Bertz CT molecular complexity index is 1380. The van der Waals surface area contributed by atoms with Gasteiger partial charge in [-0.1, -0.05) is 76.6 Å². The van der Waals surface area contributed by atoms with Crippen LogP contribution in [0.25, 0.3) is 0 Å². The first-order valence-corrected chi connectivity index (χ1v) is 12.7. The summed E-state index contributed by atoms with van der Waals surface area (Å²) in [6.07, 6.45) is -4.48. The Hall–Kier alpha value is -4.31. The molecule has 0 heterocycles. The third-order valence-corrected chi connectivity index (χ3v) is 6.32. The Morgan fingerprint density at radius 3 is 1.36 bits per heavy atom. The van der Waals surface area contributed by atoms with Crippen LogP contribution in [0.3, 0.4) is 0 Å². The van der Waals surface area contributed by atoms with Gasteiger partial charge in [-0.05, 0) is 59.7 Å². The van der Waals surface area contributed by atoms with Crippen LogP contribution in [0.4, 0.5) is 34.1 Å². The van der Waals surface area contributed by atoms with Gasteiger partial charge in [0.15, 0.2) is 0 Å². The molecule has 4 aromatic rings. The van der Waals surface area contributed by atoms with Crippen molar-refractivity contribution in [1.29, 1.82) is 0 Å². The van der Waals surface area contributed by atoms with Gasteiger partial charge in [0.05, 0.1) is 17.6 Å². The molecule has 0 spiro atoms. The number of carbonyl (C=O) groups is 2. The second-order valence-electron chi connectivity index (χ2n) is 8.56. The minimum atomic E-state index is -4.48. The zero-order valence-corrected chi connectivity index (χ0v) is 22.0.